The number of hydrogen-bond donors (Lipinski definition) is 12. The molecule has 0 radical (unpaired) electrons. The van der Waals surface area contributed by atoms with Crippen LogP contribution >= 0.6 is 0 Å². The van der Waals surface area contributed by atoms with Crippen LogP contribution < -0.4 is 0 Å². The van der Waals surface area contributed by atoms with Crippen molar-refractivity contribution in [2.45, 2.75) is 0 Å². The summed E-state index contributed by atoms with van der Waals surface area (Å²) in [6.07, 6.45) is 1.66. The summed E-state index contributed by atoms with van der Waals surface area (Å²) in [7, 11) is 0. The topological polar surface area (TPSA) is 225 Å². The molecule has 0 aliphatic rings. The SMILES string of the molecule is Oc1cc2cc(-c3c(O)c(O)cc4cc(-c5c(-c6c(O)c(O)cc7cc[nH]c67)[nH]c6cc(O)c(O)cc56)[nH]c34)[nH]c2cc1O. The first-order valence-corrected chi connectivity index (χ1v) is 13.3. The van der Waals surface area contributed by atoms with Crippen molar-refractivity contribution in [2.75, 3.05) is 0 Å². The Kier molecular flexibility index (Phi) is 4.86. The van der Waals surface area contributed by atoms with Gasteiger partial charge in [0.25, 0.3) is 0 Å². The maximum absolute atomic E-state index is 11.1. The van der Waals surface area contributed by atoms with Gasteiger partial charge in [-0.1, -0.05) is 0 Å². The molecule has 0 aliphatic heterocycles. The summed E-state index contributed by atoms with van der Waals surface area (Å²) in [5.41, 5.74) is 3.83. The number of phenols is 8. The second-order valence-electron chi connectivity index (χ2n) is 10.7. The Balaban J connectivity index is 1.45. The Hall–Kier alpha value is -6.56. The van der Waals surface area contributed by atoms with Gasteiger partial charge in [-0.2, -0.15) is 0 Å². The third-order valence-corrected chi connectivity index (χ3v) is 8.07. The molecule has 0 saturated carbocycles. The van der Waals surface area contributed by atoms with E-state index in [2.05, 4.69) is 19.9 Å². The summed E-state index contributed by atoms with van der Waals surface area (Å²) >= 11 is 0. The molecule has 4 aromatic heterocycles. The fraction of sp³-hybridized carbons (Fsp3) is 0. The van der Waals surface area contributed by atoms with E-state index in [0.717, 1.165) is 0 Å². The van der Waals surface area contributed by atoms with E-state index in [-0.39, 0.29) is 39.9 Å². The molecule has 12 heteroatoms. The van der Waals surface area contributed by atoms with Crippen molar-refractivity contribution < 1.29 is 40.9 Å². The number of fused-ring (bicyclic) bond motifs is 4. The van der Waals surface area contributed by atoms with Crippen LogP contribution in [-0.2, 0) is 0 Å². The molecule has 0 saturated heterocycles. The van der Waals surface area contributed by atoms with Crippen LogP contribution in [0.1, 0.15) is 0 Å². The Bertz CT molecular complexity index is 2460. The second-order valence-corrected chi connectivity index (χ2v) is 10.7. The van der Waals surface area contributed by atoms with Crippen molar-refractivity contribution in [3.05, 3.63) is 60.8 Å². The predicted molar refractivity (Wildman–Crippen MR) is 163 cm³/mol. The molecule has 4 heterocycles. The smallest absolute Gasteiger partial charge is 0.169 e. The van der Waals surface area contributed by atoms with Gasteiger partial charge >= 0.3 is 0 Å². The lowest BCUT2D eigenvalue weighted by Crippen LogP contribution is -1.88. The van der Waals surface area contributed by atoms with Crippen LogP contribution in [-0.4, -0.2) is 60.8 Å². The number of rotatable bonds is 3. The highest BCUT2D eigenvalue weighted by Gasteiger charge is 2.26. The predicted octanol–water partition coefficient (Wildman–Crippen LogP) is 6.26. The van der Waals surface area contributed by atoms with Gasteiger partial charge in [0.15, 0.2) is 46.0 Å². The van der Waals surface area contributed by atoms with E-state index in [1.165, 1.54) is 36.4 Å². The van der Waals surface area contributed by atoms with Crippen LogP contribution in [0.25, 0.3) is 77.4 Å². The highest BCUT2D eigenvalue weighted by Crippen LogP contribution is 2.50. The second kappa shape index (κ2) is 8.49. The monoisotopic (exact) mass is 590 g/mol. The summed E-state index contributed by atoms with van der Waals surface area (Å²) in [5, 5.41) is 86.2. The lowest BCUT2D eigenvalue weighted by atomic mass is 9.99. The number of hydrogen-bond acceptors (Lipinski definition) is 8. The van der Waals surface area contributed by atoms with Crippen molar-refractivity contribution in [3.63, 3.8) is 0 Å². The first kappa shape index (κ1) is 25.2. The van der Waals surface area contributed by atoms with Crippen LogP contribution in [0.2, 0.25) is 0 Å². The molecule has 12 nitrogen and oxygen atoms in total. The van der Waals surface area contributed by atoms with Gasteiger partial charge in [0.05, 0.1) is 39.1 Å². The zero-order valence-electron chi connectivity index (χ0n) is 22.4. The van der Waals surface area contributed by atoms with Gasteiger partial charge in [0, 0.05) is 56.6 Å². The first-order chi connectivity index (χ1) is 21.1. The van der Waals surface area contributed by atoms with Crippen molar-refractivity contribution in [2.24, 2.45) is 0 Å². The molecule has 0 unspecified atom stereocenters. The van der Waals surface area contributed by atoms with Gasteiger partial charge < -0.3 is 60.8 Å². The van der Waals surface area contributed by atoms with Crippen LogP contribution in [0.4, 0.5) is 0 Å². The highest BCUT2D eigenvalue weighted by molar-refractivity contribution is 6.12. The fourth-order valence-corrected chi connectivity index (χ4v) is 6.05. The van der Waals surface area contributed by atoms with Gasteiger partial charge in [-0.15, -0.1) is 0 Å². The number of aromatic hydroxyl groups is 8. The van der Waals surface area contributed by atoms with Gasteiger partial charge in [-0.25, -0.2) is 0 Å². The van der Waals surface area contributed by atoms with E-state index in [1.807, 2.05) is 0 Å². The fourth-order valence-electron chi connectivity index (χ4n) is 6.05. The van der Waals surface area contributed by atoms with Crippen molar-refractivity contribution in [3.8, 4) is 79.8 Å². The Morgan fingerprint density at radius 2 is 1.02 bits per heavy atom. The lowest BCUT2D eigenvalue weighted by molar-refractivity contribution is 0.405. The number of nitrogens with one attached hydrogen (secondary N) is 4. The Morgan fingerprint density at radius 3 is 1.80 bits per heavy atom. The van der Waals surface area contributed by atoms with Gasteiger partial charge in [-0.05, 0) is 42.5 Å². The third kappa shape index (κ3) is 3.38. The summed E-state index contributed by atoms with van der Waals surface area (Å²) in [6, 6.07) is 13.3. The zero-order valence-corrected chi connectivity index (χ0v) is 22.4. The molecule has 0 amide bonds. The molecule has 0 atom stereocenters. The normalized spacial score (nSPS) is 11.9. The minimum Gasteiger partial charge on any atom is -0.504 e. The Morgan fingerprint density at radius 1 is 0.432 bits per heavy atom. The number of aromatic amines is 4. The van der Waals surface area contributed by atoms with Crippen LogP contribution in [0, 0.1) is 0 Å². The number of benzene rings is 4. The standard InChI is InChI=1S/C32H22N4O8/c37-19-6-12-3-18(34-15(12)9-21(19)39)26-29-13(7-24(42)31(26)43)4-17(36-29)25-14-8-20(38)22(40)10-16(14)35-30(25)27-28-11(1-2-33-28)5-23(41)32(27)44/h1-10,33-44H. The molecule has 8 aromatic rings. The zero-order chi connectivity index (χ0) is 30.6. The molecule has 44 heavy (non-hydrogen) atoms. The quantitative estimate of drug-likeness (QED) is 0.105. The molecule has 0 spiro atoms. The maximum atomic E-state index is 11.1. The average Bonchev–Trinajstić information content (AvgIpc) is 3.76. The molecule has 8 rings (SSSR count). The van der Waals surface area contributed by atoms with Crippen molar-refractivity contribution in [1.82, 2.24) is 19.9 Å². The molecule has 4 aromatic carbocycles. The van der Waals surface area contributed by atoms with Crippen LogP contribution in [0.3, 0.4) is 0 Å². The molecule has 0 aliphatic carbocycles. The highest BCUT2D eigenvalue weighted by atomic mass is 16.3. The molecule has 218 valence electrons. The first-order valence-electron chi connectivity index (χ1n) is 13.3. The molecule has 0 fully saturated rings. The molecule has 12 N–H and O–H groups in total. The van der Waals surface area contributed by atoms with Crippen LogP contribution in [0.5, 0.6) is 46.0 Å². The molecule has 0 bridgehead atoms. The maximum Gasteiger partial charge on any atom is 0.169 e. The largest absolute Gasteiger partial charge is 0.504 e. The van der Waals surface area contributed by atoms with E-state index in [4.69, 9.17) is 0 Å². The Labute approximate surface area is 245 Å². The average molecular weight is 591 g/mol. The van der Waals surface area contributed by atoms with E-state index < -0.39 is 17.2 Å². The van der Waals surface area contributed by atoms with Crippen LogP contribution in [0.15, 0.2) is 60.8 Å². The summed E-state index contributed by atoms with van der Waals surface area (Å²) in [5.74, 6) is -2.98. The summed E-state index contributed by atoms with van der Waals surface area (Å²) in [4.78, 5) is 12.7. The van der Waals surface area contributed by atoms with E-state index in [0.29, 0.717) is 66.3 Å². The van der Waals surface area contributed by atoms with E-state index >= 15 is 0 Å². The summed E-state index contributed by atoms with van der Waals surface area (Å²) < 4.78 is 0. The minimum atomic E-state index is -0.425. The van der Waals surface area contributed by atoms with E-state index in [9.17, 15) is 40.9 Å². The number of phenolic OH excluding ortho intramolecular Hbond substituents is 8. The van der Waals surface area contributed by atoms with Gasteiger partial charge in [0.2, 0.25) is 0 Å². The van der Waals surface area contributed by atoms with Crippen molar-refractivity contribution >= 4 is 43.6 Å². The van der Waals surface area contributed by atoms with Crippen molar-refractivity contribution in [1.29, 1.82) is 0 Å². The van der Waals surface area contributed by atoms with Gasteiger partial charge in [0.1, 0.15) is 0 Å². The van der Waals surface area contributed by atoms with E-state index in [1.54, 1.807) is 24.4 Å². The molecular formula is C32H22N4O8. The molecular weight excluding hydrogens is 568 g/mol. The third-order valence-electron chi connectivity index (χ3n) is 8.07. The lowest BCUT2D eigenvalue weighted by Gasteiger charge is -2.10. The summed E-state index contributed by atoms with van der Waals surface area (Å²) in [6.45, 7) is 0. The minimum absolute atomic E-state index is 0.204. The number of aromatic nitrogens is 4. The number of H-pyrrole nitrogens is 4. The van der Waals surface area contributed by atoms with Gasteiger partial charge in [-0.3, -0.25) is 0 Å².